The average Bonchev–Trinajstić information content (AvgIpc) is 2.47. The molecule has 21 heavy (non-hydrogen) atoms. The number of hydrogen-bond donors (Lipinski definition) is 3. The molecule has 1 aromatic carbocycles. The fourth-order valence-corrected chi connectivity index (χ4v) is 2.61. The monoisotopic (exact) mass is 292 g/mol. The number of rotatable bonds is 4. The molecular formula is C15H20N2O4. The van der Waals surface area contributed by atoms with Gasteiger partial charge in [-0.2, -0.15) is 0 Å². The summed E-state index contributed by atoms with van der Waals surface area (Å²) in [6, 6.07) is 5.71. The summed E-state index contributed by atoms with van der Waals surface area (Å²) in [5.74, 6) is 0.561. The van der Waals surface area contributed by atoms with Gasteiger partial charge in [0, 0.05) is 39.1 Å². The van der Waals surface area contributed by atoms with E-state index in [-0.39, 0.29) is 12.5 Å². The summed E-state index contributed by atoms with van der Waals surface area (Å²) in [5, 5.41) is 16.4. The highest BCUT2D eigenvalue weighted by Gasteiger charge is 2.29. The minimum atomic E-state index is -0.677. The van der Waals surface area contributed by atoms with E-state index in [1.165, 1.54) is 0 Å². The van der Waals surface area contributed by atoms with Crippen LogP contribution in [0.1, 0.15) is 18.4 Å². The molecule has 1 aromatic rings. The van der Waals surface area contributed by atoms with Gasteiger partial charge in [-0.1, -0.05) is 6.07 Å². The number of carbonyl (C=O) groups is 1. The molecule has 2 aliphatic rings. The molecule has 2 aliphatic heterocycles. The number of anilines is 1. The van der Waals surface area contributed by atoms with Crippen molar-refractivity contribution in [1.82, 2.24) is 5.32 Å². The lowest BCUT2D eigenvalue weighted by Gasteiger charge is -2.32. The summed E-state index contributed by atoms with van der Waals surface area (Å²) in [5.41, 5.74) is 1.06. The van der Waals surface area contributed by atoms with E-state index in [2.05, 4.69) is 10.6 Å². The molecule has 6 nitrogen and oxygen atoms in total. The molecule has 0 aliphatic carbocycles. The molecule has 1 amide bonds. The third-order valence-electron chi connectivity index (χ3n) is 3.88. The van der Waals surface area contributed by atoms with Crippen LogP contribution in [0.15, 0.2) is 18.2 Å². The minimum absolute atomic E-state index is 0.0691. The Kier molecular flexibility index (Phi) is 4.10. The van der Waals surface area contributed by atoms with Gasteiger partial charge >= 0.3 is 0 Å². The molecule has 3 rings (SSSR count). The molecule has 6 heteroatoms. The number of nitrogens with one attached hydrogen (secondary N) is 2. The Morgan fingerprint density at radius 3 is 2.95 bits per heavy atom. The summed E-state index contributed by atoms with van der Waals surface area (Å²) in [6.45, 7) is 2.46. The van der Waals surface area contributed by atoms with Gasteiger partial charge in [0.05, 0.1) is 11.3 Å². The topological polar surface area (TPSA) is 79.8 Å². The van der Waals surface area contributed by atoms with E-state index in [4.69, 9.17) is 9.47 Å². The molecule has 3 N–H and O–H groups in total. The van der Waals surface area contributed by atoms with Crippen molar-refractivity contribution in [3.8, 4) is 5.75 Å². The van der Waals surface area contributed by atoms with Gasteiger partial charge in [-0.05, 0) is 17.7 Å². The molecule has 2 heterocycles. The Morgan fingerprint density at radius 2 is 2.14 bits per heavy atom. The molecule has 0 bridgehead atoms. The van der Waals surface area contributed by atoms with E-state index >= 15 is 0 Å². The van der Waals surface area contributed by atoms with Crippen LogP contribution in [-0.4, -0.2) is 43.0 Å². The van der Waals surface area contributed by atoms with E-state index in [0.29, 0.717) is 50.6 Å². The van der Waals surface area contributed by atoms with Crippen LogP contribution in [0.25, 0.3) is 0 Å². The van der Waals surface area contributed by atoms with Crippen molar-refractivity contribution in [2.75, 3.05) is 31.7 Å². The zero-order valence-electron chi connectivity index (χ0n) is 11.9. The predicted molar refractivity (Wildman–Crippen MR) is 77.3 cm³/mol. The van der Waals surface area contributed by atoms with Gasteiger partial charge in [0.1, 0.15) is 5.75 Å². The first-order chi connectivity index (χ1) is 10.1. The second kappa shape index (κ2) is 6.01. The first-order valence-corrected chi connectivity index (χ1v) is 7.21. The van der Waals surface area contributed by atoms with Crippen LogP contribution in [0.4, 0.5) is 5.69 Å². The Labute approximate surface area is 123 Å². The Hall–Kier alpha value is -1.63. The standard InChI is InChI=1S/C15H20N2O4/c18-14-9-21-13-2-1-11(7-12(13)17-14)8-16-10-15(19)3-5-20-6-4-15/h1-2,7,16,19H,3-6,8-10H2,(H,17,18). The van der Waals surface area contributed by atoms with E-state index < -0.39 is 5.60 Å². The Balaban J connectivity index is 1.56. The quantitative estimate of drug-likeness (QED) is 0.759. The number of aliphatic hydroxyl groups is 1. The number of carbonyl (C=O) groups excluding carboxylic acids is 1. The largest absolute Gasteiger partial charge is 0.482 e. The zero-order valence-corrected chi connectivity index (χ0v) is 11.9. The van der Waals surface area contributed by atoms with Crippen molar-refractivity contribution in [3.05, 3.63) is 23.8 Å². The van der Waals surface area contributed by atoms with Crippen molar-refractivity contribution in [3.63, 3.8) is 0 Å². The maximum absolute atomic E-state index is 11.3. The van der Waals surface area contributed by atoms with Crippen LogP contribution in [0.2, 0.25) is 0 Å². The van der Waals surface area contributed by atoms with Crippen molar-refractivity contribution in [2.45, 2.75) is 25.0 Å². The fourth-order valence-electron chi connectivity index (χ4n) is 2.61. The van der Waals surface area contributed by atoms with E-state index in [1.54, 1.807) is 0 Å². The van der Waals surface area contributed by atoms with Gasteiger partial charge < -0.3 is 25.2 Å². The van der Waals surface area contributed by atoms with Crippen molar-refractivity contribution < 1.29 is 19.4 Å². The van der Waals surface area contributed by atoms with E-state index in [9.17, 15) is 9.90 Å². The van der Waals surface area contributed by atoms with Crippen LogP contribution in [0.3, 0.4) is 0 Å². The first-order valence-electron chi connectivity index (χ1n) is 7.21. The summed E-state index contributed by atoms with van der Waals surface area (Å²) < 4.78 is 10.6. The third-order valence-corrected chi connectivity index (χ3v) is 3.88. The highest BCUT2D eigenvalue weighted by molar-refractivity contribution is 5.95. The summed E-state index contributed by atoms with van der Waals surface area (Å²) >= 11 is 0. The lowest BCUT2D eigenvalue weighted by atomic mass is 9.94. The molecule has 1 saturated heterocycles. The number of hydrogen-bond acceptors (Lipinski definition) is 5. The van der Waals surface area contributed by atoms with Crippen LogP contribution < -0.4 is 15.4 Å². The van der Waals surface area contributed by atoms with Crippen LogP contribution in [0, 0.1) is 0 Å². The molecule has 114 valence electrons. The lowest BCUT2D eigenvalue weighted by Crippen LogP contribution is -2.44. The zero-order chi connectivity index (χ0) is 14.7. The van der Waals surface area contributed by atoms with Gasteiger partial charge in [-0.25, -0.2) is 0 Å². The van der Waals surface area contributed by atoms with Gasteiger partial charge in [0.2, 0.25) is 0 Å². The van der Waals surface area contributed by atoms with E-state index in [1.807, 2.05) is 18.2 Å². The molecule has 0 spiro atoms. The minimum Gasteiger partial charge on any atom is -0.482 e. The Bertz CT molecular complexity index is 526. The predicted octanol–water partition coefficient (Wildman–Crippen LogP) is 0.649. The SMILES string of the molecule is O=C1COc2ccc(CNCC3(O)CCOCC3)cc2N1. The van der Waals surface area contributed by atoms with Gasteiger partial charge in [-0.3, -0.25) is 4.79 Å². The van der Waals surface area contributed by atoms with E-state index in [0.717, 1.165) is 5.56 Å². The maximum atomic E-state index is 11.3. The van der Waals surface area contributed by atoms with Crippen LogP contribution in [0.5, 0.6) is 5.75 Å². The number of ether oxygens (including phenoxy) is 2. The molecule has 0 aromatic heterocycles. The van der Waals surface area contributed by atoms with Crippen molar-refractivity contribution >= 4 is 11.6 Å². The fraction of sp³-hybridized carbons (Fsp3) is 0.533. The first kappa shape index (κ1) is 14.3. The van der Waals surface area contributed by atoms with Crippen LogP contribution in [-0.2, 0) is 16.1 Å². The highest BCUT2D eigenvalue weighted by atomic mass is 16.5. The maximum Gasteiger partial charge on any atom is 0.262 e. The molecule has 0 atom stereocenters. The Morgan fingerprint density at radius 1 is 1.33 bits per heavy atom. The molecule has 0 saturated carbocycles. The smallest absolute Gasteiger partial charge is 0.262 e. The van der Waals surface area contributed by atoms with Crippen molar-refractivity contribution in [1.29, 1.82) is 0 Å². The van der Waals surface area contributed by atoms with Gasteiger partial charge in [-0.15, -0.1) is 0 Å². The third kappa shape index (κ3) is 3.53. The number of amides is 1. The highest BCUT2D eigenvalue weighted by Crippen LogP contribution is 2.28. The lowest BCUT2D eigenvalue weighted by molar-refractivity contribution is -0.118. The van der Waals surface area contributed by atoms with Gasteiger partial charge in [0.15, 0.2) is 6.61 Å². The molecule has 0 unspecified atom stereocenters. The average molecular weight is 292 g/mol. The number of fused-ring (bicyclic) bond motifs is 1. The second-order valence-electron chi connectivity index (χ2n) is 5.61. The van der Waals surface area contributed by atoms with Gasteiger partial charge in [0.25, 0.3) is 5.91 Å². The molecule has 1 fully saturated rings. The van der Waals surface area contributed by atoms with Crippen molar-refractivity contribution in [2.24, 2.45) is 0 Å². The summed E-state index contributed by atoms with van der Waals surface area (Å²) in [6.07, 6.45) is 1.32. The summed E-state index contributed by atoms with van der Waals surface area (Å²) in [7, 11) is 0. The van der Waals surface area contributed by atoms with Crippen LogP contribution >= 0.6 is 0 Å². The summed E-state index contributed by atoms with van der Waals surface area (Å²) in [4.78, 5) is 11.3. The molecular weight excluding hydrogens is 272 g/mol. The second-order valence-corrected chi connectivity index (χ2v) is 5.61. The normalized spacial score (nSPS) is 20.3. The molecule has 0 radical (unpaired) electrons. The number of benzene rings is 1.